The average Bonchev–Trinajstić information content (AvgIpc) is 2.29. The van der Waals surface area contributed by atoms with Crippen molar-refractivity contribution >= 4 is 0 Å². The summed E-state index contributed by atoms with van der Waals surface area (Å²) in [5, 5.41) is 3.64. The van der Waals surface area contributed by atoms with Gasteiger partial charge in [0.2, 0.25) is 0 Å². The number of hydrogen-bond donors (Lipinski definition) is 1. The van der Waals surface area contributed by atoms with Crippen LogP contribution in [0.5, 0.6) is 0 Å². The number of ether oxygens (including phenoxy) is 2. The summed E-state index contributed by atoms with van der Waals surface area (Å²) in [6.45, 7) is 16.0. The second-order valence-corrected chi connectivity index (χ2v) is 7.05. The summed E-state index contributed by atoms with van der Waals surface area (Å²) in [7, 11) is 0. The lowest BCUT2D eigenvalue weighted by Crippen LogP contribution is -2.61. The van der Waals surface area contributed by atoms with Gasteiger partial charge >= 0.3 is 0 Å². The van der Waals surface area contributed by atoms with Gasteiger partial charge in [-0.15, -0.1) is 0 Å². The molecule has 2 atom stereocenters. The van der Waals surface area contributed by atoms with Gasteiger partial charge in [0.15, 0.2) is 0 Å². The minimum Gasteiger partial charge on any atom is -0.379 e. The van der Waals surface area contributed by atoms with Gasteiger partial charge in [0.1, 0.15) is 0 Å². The van der Waals surface area contributed by atoms with Gasteiger partial charge in [-0.3, -0.25) is 0 Å². The number of nitrogens with one attached hydrogen (secondary N) is 1. The molecule has 0 amide bonds. The minimum atomic E-state index is 0.258. The van der Waals surface area contributed by atoms with E-state index in [0.717, 1.165) is 32.6 Å². The van der Waals surface area contributed by atoms with Gasteiger partial charge in [0.05, 0.1) is 12.2 Å². The van der Waals surface area contributed by atoms with Crippen LogP contribution in [0, 0.1) is 11.3 Å². The van der Waals surface area contributed by atoms with Gasteiger partial charge in [-0.25, -0.2) is 0 Å². The smallest absolute Gasteiger partial charge is 0.0656 e. The van der Waals surface area contributed by atoms with Crippen molar-refractivity contribution in [3.63, 3.8) is 0 Å². The molecule has 0 spiro atoms. The van der Waals surface area contributed by atoms with Gasteiger partial charge in [-0.2, -0.15) is 0 Å². The SMILES string of the molecule is CC(C)COC1CC(NCCCOC(C)C)C1(C)C. The average molecular weight is 271 g/mol. The second kappa shape index (κ2) is 7.61. The maximum Gasteiger partial charge on any atom is 0.0656 e. The highest BCUT2D eigenvalue weighted by Gasteiger charge is 2.48. The first kappa shape index (κ1) is 16.9. The lowest BCUT2D eigenvalue weighted by Gasteiger charge is -2.52. The molecular weight excluding hydrogens is 238 g/mol. The largest absolute Gasteiger partial charge is 0.379 e. The summed E-state index contributed by atoms with van der Waals surface area (Å²) >= 11 is 0. The summed E-state index contributed by atoms with van der Waals surface area (Å²) in [6, 6.07) is 0.587. The highest BCUT2D eigenvalue weighted by molar-refractivity contribution is 5.02. The molecule has 3 nitrogen and oxygen atoms in total. The molecule has 0 saturated heterocycles. The van der Waals surface area contributed by atoms with Crippen LogP contribution in [-0.2, 0) is 9.47 Å². The molecule has 1 N–H and O–H groups in total. The van der Waals surface area contributed by atoms with Crippen LogP contribution in [0.1, 0.15) is 54.4 Å². The molecule has 0 bridgehead atoms. The van der Waals surface area contributed by atoms with Gasteiger partial charge in [-0.05, 0) is 39.2 Å². The van der Waals surface area contributed by atoms with E-state index in [0.29, 0.717) is 24.2 Å². The van der Waals surface area contributed by atoms with Crippen molar-refractivity contribution in [2.45, 2.75) is 72.6 Å². The zero-order valence-electron chi connectivity index (χ0n) is 13.7. The lowest BCUT2D eigenvalue weighted by molar-refractivity contribution is -0.123. The molecule has 1 aliphatic carbocycles. The molecule has 114 valence electrons. The Morgan fingerprint density at radius 2 is 1.89 bits per heavy atom. The van der Waals surface area contributed by atoms with Crippen molar-refractivity contribution < 1.29 is 9.47 Å². The van der Waals surface area contributed by atoms with Crippen LogP contribution < -0.4 is 5.32 Å². The molecule has 1 fully saturated rings. The Bertz CT molecular complexity index is 251. The highest BCUT2D eigenvalue weighted by atomic mass is 16.5. The summed E-state index contributed by atoms with van der Waals surface area (Å²) in [4.78, 5) is 0. The van der Waals surface area contributed by atoms with E-state index in [1.807, 2.05) is 0 Å². The van der Waals surface area contributed by atoms with Crippen LogP contribution >= 0.6 is 0 Å². The standard InChI is InChI=1S/C16H33NO2/c1-12(2)11-19-15-10-14(16(15,5)6)17-8-7-9-18-13(3)4/h12-15,17H,7-11H2,1-6H3. The monoisotopic (exact) mass is 271 g/mol. The first-order valence-corrected chi connectivity index (χ1v) is 7.80. The molecule has 0 aliphatic heterocycles. The van der Waals surface area contributed by atoms with E-state index < -0.39 is 0 Å². The molecule has 2 unspecified atom stereocenters. The van der Waals surface area contributed by atoms with Gasteiger partial charge in [0, 0.05) is 24.7 Å². The van der Waals surface area contributed by atoms with Gasteiger partial charge in [-0.1, -0.05) is 27.7 Å². The topological polar surface area (TPSA) is 30.5 Å². The fourth-order valence-corrected chi connectivity index (χ4v) is 2.49. The van der Waals surface area contributed by atoms with Crippen LogP contribution in [0.2, 0.25) is 0 Å². The third kappa shape index (κ3) is 5.41. The summed E-state index contributed by atoms with van der Waals surface area (Å²) in [5.41, 5.74) is 0.258. The Morgan fingerprint density at radius 1 is 1.21 bits per heavy atom. The predicted octanol–water partition coefficient (Wildman–Crippen LogP) is 3.23. The maximum absolute atomic E-state index is 5.98. The zero-order chi connectivity index (χ0) is 14.5. The van der Waals surface area contributed by atoms with E-state index in [2.05, 4.69) is 46.9 Å². The van der Waals surface area contributed by atoms with E-state index in [4.69, 9.17) is 9.47 Å². The summed E-state index contributed by atoms with van der Waals surface area (Å²) in [5.74, 6) is 0.621. The molecular formula is C16H33NO2. The van der Waals surface area contributed by atoms with Crippen molar-refractivity contribution in [1.82, 2.24) is 5.32 Å². The molecule has 1 rings (SSSR count). The third-order valence-electron chi connectivity index (χ3n) is 3.97. The lowest BCUT2D eigenvalue weighted by atomic mass is 9.64. The number of rotatable bonds is 9. The highest BCUT2D eigenvalue weighted by Crippen LogP contribution is 2.42. The van der Waals surface area contributed by atoms with E-state index in [-0.39, 0.29) is 5.41 Å². The van der Waals surface area contributed by atoms with Gasteiger partial charge < -0.3 is 14.8 Å². The Balaban J connectivity index is 2.13. The number of hydrogen-bond acceptors (Lipinski definition) is 3. The molecule has 0 aromatic rings. The van der Waals surface area contributed by atoms with Crippen molar-refractivity contribution in [3.8, 4) is 0 Å². The normalized spacial score (nSPS) is 25.9. The first-order valence-electron chi connectivity index (χ1n) is 7.80. The van der Waals surface area contributed by atoms with Crippen LogP contribution in [-0.4, -0.2) is 38.0 Å². The molecule has 0 heterocycles. The van der Waals surface area contributed by atoms with Crippen molar-refractivity contribution in [3.05, 3.63) is 0 Å². The van der Waals surface area contributed by atoms with E-state index in [9.17, 15) is 0 Å². The Labute approximate surface area is 119 Å². The van der Waals surface area contributed by atoms with E-state index in [1.54, 1.807) is 0 Å². The van der Waals surface area contributed by atoms with E-state index in [1.165, 1.54) is 0 Å². The predicted molar refractivity (Wildman–Crippen MR) is 80.5 cm³/mol. The quantitative estimate of drug-likeness (QED) is 0.653. The molecule has 1 aliphatic rings. The first-order chi connectivity index (χ1) is 8.84. The van der Waals surface area contributed by atoms with Crippen molar-refractivity contribution in [2.24, 2.45) is 11.3 Å². The van der Waals surface area contributed by atoms with Gasteiger partial charge in [0.25, 0.3) is 0 Å². The molecule has 3 heteroatoms. The third-order valence-corrected chi connectivity index (χ3v) is 3.97. The maximum atomic E-state index is 5.98. The fourth-order valence-electron chi connectivity index (χ4n) is 2.49. The molecule has 0 aromatic carbocycles. The Hall–Kier alpha value is -0.120. The molecule has 0 radical (unpaired) electrons. The summed E-state index contributed by atoms with van der Waals surface area (Å²) in [6.07, 6.45) is 2.99. The van der Waals surface area contributed by atoms with Crippen LogP contribution in [0.4, 0.5) is 0 Å². The van der Waals surface area contributed by atoms with E-state index >= 15 is 0 Å². The Morgan fingerprint density at radius 3 is 2.42 bits per heavy atom. The second-order valence-electron chi connectivity index (χ2n) is 7.05. The van der Waals surface area contributed by atoms with Crippen molar-refractivity contribution in [1.29, 1.82) is 0 Å². The molecule has 0 aromatic heterocycles. The molecule has 19 heavy (non-hydrogen) atoms. The van der Waals surface area contributed by atoms with Crippen LogP contribution in [0.3, 0.4) is 0 Å². The van der Waals surface area contributed by atoms with Crippen LogP contribution in [0.15, 0.2) is 0 Å². The van der Waals surface area contributed by atoms with Crippen LogP contribution in [0.25, 0.3) is 0 Å². The summed E-state index contributed by atoms with van der Waals surface area (Å²) < 4.78 is 11.5. The molecule has 1 saturated carbocycles. The minimum absolute atomic E-state index is 0.258. The van der Waals surface area contributed by atoms with Crippen molar-refractivity contribution in [2.75, 3.05) is 19.8 Å². The zero-order valence-corrected chi connectivity index (χ0v) is 13.7. The fraction of sp³-hybridized carbons (Fsp3) is 1.00. The Kier molecular flexibility index (Phi) is 6.78.